The van der Waals surface area contributed by atoms with Crippen molar-refractivity contribution in [1.82, 2.24) is 4.98 Å². The molecule has 2 rings (SSSR count). The lowest BCUT2D eigenvalue weighted by Crippen LogP contribution is -2.28. The van der Waals surface area contributed by atoms with Crippen molar-refractivity contribution < 1.29 is 9.59 Å². The second-order valence-electron chi connectivity index (χ2n) is 3.78. The van der Waals surface area contributed by atoms with Crippen molar-refractivity contribution in [3.63, 3.8) is 0 Å². The largest absolute Gasteiger partial charge is 0.369 e. The summed E-state index contributed by atoms with van der Waals surface area (Å²) >= 11 is 6.51. The predicted octanol–water partition coefficient (Wildman–Crippen LogP) is 1.44. The summed E-state index contributed by atoms with van der Waals surface area (Å²) in [5.74, 6) is -0.944. The van der Waals surface area contributed by atoms with Gasteiger partial charge in [0.15, 0.2) is 0 Å². The molecule has 0 bridgehead atoms. The normalized spacial score (nSPS) is 19.8. The molecule has 1 aromatic rings. The van der Waals surface area contributed by atoms with Crippen molar-refractivity contribution in [2.24, 2.45) is 11.7 Å². The lowest BCUT2D eigenvalue weighted by molar-refractivity contribution is -0.123. The SMILES string of the molecule is NC(=O)C1CC(=O)N(c2cc(Br)nc(Br)c2)C1. The standard InChI is InChI=1S/C10H9Br2N3O2/c11-7-2-6(3-8(12)14-7)15-4-5(10(13)17)1-9(15)16/h2-3,5H,1,4H2,(H2,13,17). The predicted molar refractivity (Wildman–Crippen MR) is 69.3 cm³/mol. The van der Waals surface area contributed by atoms with Gasteiger partial charge in [0.05, 0.1) is 5.92 Å². The molecule has 1 aliphatic heterocycles. The zero-order valence-electron chi connectivity index (χ0n) is 8.69. The highest BCUT2D eigenvalue weighted by Gasteiger charge is 2.34. The first-order valence-corrected chi connectivity index (χ1v) is 6.48. The van der Waals surface area contributed by atoms with Gasteiger partial charge in [0, 0.05) is 18.7 Å². The van der Waals surface area contributed by atoms with Gasteiger partial charge in [-0.15, -0.1) is 0 Å². The van der Waals surface area contributed by atoms with E-state index in [2.05, 4.69) is 36.8 Å². The van der Waals surface area contributed by atoms with E-state index in [1.54, 1.807) is 17.0 Å². The minimum atomic E-state index is -0.437. The fraction of sp³-hybridized carbons (Fsp3) is 0.300. The number of pyridine rings is 1. The minimum absolute atomic E-state index is 0.0983. The van der Waals surface area contributed by atoms with Crippen LogP contribution in [0.2, 0.25) is 0 Å². The summed E-state index contributed by atoms with van der Waals surface area (Å²) < 4.78 is 1.24. The highest BCUT2D eigenvalue weighted by Crippen LogP contribution is 2.28. The Hall–Kier alpha value is -0.950. The van der Waals surface area contributed by atoms with E-state index >= 15 is 0 Å². The summed E-state index contributed by atoms with van der Waals surface area (Å²) in [5.41, 5.74) is 5.91. The molecule has 1 saturated heterocycles. The van der Waals surface area contributed by atoms with Crippen LogP contribution in [0.15, 0.2) is 21.3 Å². The minimum Gasteiger partial charge on any atom is -0.369 e. The summed E-state index contributed by atoms with van der Waals surface area (Å²) in [5, 5.41) is 0. The monoisotopic (exact) mass is 361 g/mol. The van der Waals surface area contributed by atoms with Crippen molar-refractivity contribution in [3.05, 3.63) is 21.3 Å². The van der Waals surface area contributed by atoms with Crippen LogP contribution >= 0.6 is 31.9 Å². The second kappa shape index (κ2) is 4.73. The highest BCUT2D eigenvalue weighted by molar-refractivity contribution is 9.11. The molecule has 1 aliphatic rings. The van der Waals surface area contributed by atoms with Gasteiger partial charge in [-0.2, -0.15) is 0 Å². The Morgan fingerprint density at radius 1 is 1.41 bits per heavy atom. The Balaban J connectivity index is 2.28. The number of nitrogens with zero attached hydrogens (tertiary/aromatic N) is 2. The Labute approximate surface area is 115 Å². The lowest BCUT2D eigenvalue weighted by atomic mass is 10.1. The molecule has 0 radical (unpaired) electrons. The van der Waals surface area contributed by atoms with Gasteiger partial charge < -0.3 is 10.6 Å². The topological polar surface area (TPSA) is 76.3 Å². The number of rotatable bonds is 2. The highest BCUT2D eigenvalue weighted by atomic mass is 79.9. The number of aromatic nitrogens is 1. The molecule has 2 N–H and O–H groups in total. The smallest absolute Gasteiger partial charge is 0.227 e. The summed E-state index contributed by atoms with van der Waals surface area (Å²) in [4.78, 5) is 28.5. The zero-order valence-corrected chi connectivity index (χ0v) is 11.9. The van der Waals surface area contributed by atoms with Crippen LogP contribution in [-0.2, 0) is 9.59 Å². The Bertz CT molecular complexity index is 472. The van der Waals surface area contributed by atoms with Gasteiger partial charge in [-0.3, -0.25) is 9.59 Å². The summed E-state index contributed by atoms with van der Waals surface area (Å²) in [7, 11) is 0. The Morgan fingerprint density at radius 2 is 2.00 bits per heavy atom. The maximum atomic E-state index is 11.8. The molecular formula is C10H9Br2N3O2. The summed E-state index contributed by atoms with van der Waals surface area (Å²) in [6.07, 6.45) is 0.174. The number of primary amides is 1. The number of halogens is 2. The molecule has 1 fully saturated rings. The van der Waals surface area contributed by atoms with E-state index in [9.17, 15) is 9.59 Å². The van der Waals surface area contributed by atoms with Crippen molar-refractivity contribution in [2.45, 2.75) is 6.42 Å². The lowest BCUT2D eigenvalue weighted by Gasteiger charge is -2.16. The third-order valence-corrected chi connectivity index (χ3v) is 3.40. The van der Waals surface area contributed by atoms with Gasteiger partial charge in [-0.1, -0.05) is 0 Å². The van der Waals surface area contributed by atoms with Crippen LogP contribution in [-0.4, -0.2) is 23.3 Å². The number of nitrogens with two attached hydrogens (primary N) is 1. The molecule has 17 heavy (non-hydrogen) atoms. The number of hydrogen-bond donors (Lipinski definition) is 1. The van der Waals surface area contributed by atoms with Crippen LogP contribution in [0.5, 0.6) is 0 Å². The molecule has 0 saturated carbocycles. The number of anilines is 1. The van der Waals surface area contributed by atoms with E-state index in [0.29, 0.717) is 21.4 Å². The van der Waals surface area contributed by atoms with Crippen LogP contribution in [0, 0.1) is 5.92 Å². The average molecular weight is 363 g/mol. The maximum Gasteiger partial charge on any atom is 0.227 e. The van der Waals surface area contributed by atoms with E-state index < -0.39 is 11.8 Å². The number of hydrogen-bond acceptors (Lipinski definition) is 3. The molecule has 90 valence electrons. The van der Waals surface area contributed by atoms with Gasteiger partial charge in [0.25, 0.3) is 0 Å². The van der Waals surface area contributed by atoms with Crippen LogP contribution in [0.3, 0.4) is 0 Å². The Morgan fingerprint density at radius 3 is 2.47 bits per heavy atom. The van der Waals surface area contributed by atoms with Crippen molar-refractivity contribution in [3.8, 4) is 0 Å². The van der Waals surface area contributed by atoms with Gasteiger partial charge in [0.1, 0.15) is 9.21 Å². The van der Waals surface area contributed by atoms with Gasteiger partial charge in [-0.05, 0) is 44.0 Å². The van der Waals surface area contributed by atoms with E-state index in [-0.39, 0.29) is 12.3 Å². The summed E-state index contributed by atoms with van der Waals surface area (Å²) in [6.45, 7) is 0.330. The molecule has 0 spiro atoms. The zero-order chi connectivity index (χ0) is 12.6. The molecular weight excluding hydrogens is 354 g/mol. The van der Waals surface area contributed by atoms with Crippen molar-refractivity contribution >= 4 is 49.4 Å². The molecule has 0 aromatic carbocycles. The third-order valence-electron chi connectivity index (χ3n) is 2.59. The van der Waals surface area contributed by atoms with Crippen LogP contribution in [0.25, 0.3) is 0 Å². The van der Waals surface area contributed by atoms with Crippen molar-refractivity contribution in [2.75, 3.05) is 11.4 Å². The average Bonchev–Trinajstić information content (AvgIpc) is 2.59. The second-order valence-corrected chi connectivity index (χ2v) is 5.40. The molecule has 7 heteroatoms. The maximum absolute atomic E-state index is 11.8. The molecule has 0 aliphatic carbocycles. The fourth-order valence-corrected chi connectivity index (χ4v) is 2.84. The summed E-state index contributed by atoms with van der Waals surface area (Å²) in [6, 6.07) is 3.46. The van der Waals surface area contributed by atoms with Gasteiger partial charge in [-0.25, -0.2) is 4.98 Å². The number of amides is 2. The van der Waals surface area contributed by atoms with Crippen molar-refractivity contribution in [1.29, 1.82) is 0 Å². The van der Waals surface area contributed by atoms with E-state index in [4.69, 9.17) is 5.73 Å². The van der Waals surface area contributed by atoms with Gasteiger partial charge >= 0.3 is 0 Å². The molecule has 5 nitrogen and oxygen atoms in total. The molecule has 2 amide bonds. The van der Waals surface area contributed by atoms with E-state index in [0.717, 1.165) is 0 Å². The van der Waals surface area contributed by atoms with Gasteiger partial charge in [0.2, 0.25) is 11.8 Å². The molecule has 1 aromatic heterocycles. The fourth-order valence-electron chi connectivity index (χ4n) is 1.76. The quantitative estimate of drug-likeness (QED) is 0.809. The number of carbonyl (C=O) groups is 2. The van der Waals surface area contributed by atoms with E-state index in [1.807, 2.05) is 0 Å². The Kier molecular flexibility index (Phi) is 3.48. The molecule has 1 atom stereocenters. The first-order chi connectivity index (χ1) is 7.97. The van der Waals surface area contributed by atoms with Crippen LogP contribution < -0.4 is 10.6 Å². The van der Waals surface area contributed by atoms with Crippen LogP contribution in [0.1, 0.15) is 6.42 Å². The first kappa shape index (κ1) is 12.5. The third kappa shape index (κ3) is 2.66. The number of carbonyl (C=O) groups excluding carboxylic acids is 2. The van der Waals surface area contributed by atoms with Crippen LogP contribution in [0.4, 0.5) is 5.69 Å². The molecule has 1 unspecified atom stereocenters. The van der Waals surface area contributed by atoms with E-state index in [1.165, 1.54) is 0 Å². The molecule has 2 heterocycles. The first-order valence-electron chi connectivity index (χ1n) is 4.90.